The van der Waals surface area contributed by atoms with Crippen molar-refractivity contribution >= 4 is 0 Å². The van der Waals surface area contributed by atoms with Gasteiger partial charge in [0, 0.05) is 0 Å². The Kier molecular flexibility index (Phi) is 15.8. The highest BCUT2D eigenvalue weighted by Crippen LogP contribution is 2.12. The molecule has 19 heavy (non-hydrogen) atoms. The zero-order valence-corrected chi connectivity index (χ0v) is 12.8. The minimum absolute atomic E-state index is 0.0327. The van der Waals surface area contributed by atoms with Gasteiger partial charge in [-0.3, -0.25) is 0 Å². The lowest BCUT2D eigenvalue weighted by atomic mass is 10.0. The molecule has 2 N–H and O–H groups in total. The second kappa shape index (κ2) is 15.9. The number of ether oxygens (including phenoxy) is 1. The molecule has 0 aliphatic rings. The molecule has 3 heteroatoms. The molecule has 0 aromatic carbocycles. The van der Waals surface area contributed by atoms with Crippen LogP contribution in [-0.2, 0) is 4.74 Å². The molecular formula is C16H34O3. The van der Waals surface area contributed by atoms with Crippen molar-refractivity contribution in [2.45, 2.75) is 83.7 Å². The van der Waals surface area contributed by atoms with Crippen LogP contribution in [0.1, 0.15) is 77.6 Å². The number of hydrogen-bond donors (Lipinski definition) is 2. The Morgan fingerprint density at radius 2 is 1.37 bits per heavy atom. The van der Waals surface area contributed by atoms with Crippen LogP contribution < -0.4 is 0 Å². The topological polar surface area (TPSA) is 49.7 Å². The van der Waals surface area contributed by atoms with Gasteiger partial charge in [0.05, 0.1) is 25.9 Å². The fraction of sp³-hybridized carbons (Fsp3) is 1.00. The molecule has 0 spiro atoms. The van der Waals surface area contributed by atoms with E-state index in [0.717, 1.165) is 12.8 Å². The monoisotopic (exact) mass is 274 g/mol. The van der Waals surface area contributed by atoms with Crippen LogP contribution in [0, 0.1) is 0 Å². The van der Waals surface area contributed by atoms with Crippen molar-refractivity contribution in [2.75, 3.05) is 19.8 Å². The van der Waals surface area contributed by atoms with Gasteiger partial charge in [-0.25, -0.2) is 0 Å². The van der Waals surface area contributed by atoms with Crippen molar-refractivity contribution in [2.24, 2.45) is 0 Å². The van der Waals surface area contributed by atoms with Gasteiger partial charge >= 0.3 is 0 Å². The second-order valence-electron chi connectivity index (χ2n) is 5.42. The van der Waals surface area contributed by atoms with Gasteiger partial charge in [-0.2, -0.15) is 0 Å². The van der Waals surface area contributed by atoms with Crippen molar-refractivity contribution in [3.05, 3.63) is 0 Å². The van der Waals surface area contributed by atoms with Crippen LogP contribution in [0.3, 0.4) is 0 Å². The normalized spacial score (nSPS) is 12.8. The summed E-state index contributed by atoms with van der Waals surface area (Å²) in [6.45, 7) is 2.97. The van der Waals surface area contributed by atoms with Gasteiger partial charge in [0.25, 0.3) is 0 Å². The van der Waals surface area contributed by atoms with Crippen LogP contribution in [0.25, 0.3) is 0 Å². The van der Waals surface area contributed by atoms with E-state index in [-0.39, 0.29) is 12.7 Å². The summed E-state index contributed by atoms with van der Waals surface area (Å²) in [5.41, 5.74) is 0. The molecule has 0 radical (unpaired) electrons. The van der Waals surface area contributed by atoms with E-state index in [4.69, 9.17) is 9.84 Å². The lowest BCUT2D eigenvalue weighted by Gasteiger charge is -2.10. The predicted molar refractivity (Wildman–Crippen MR) is 80.4 cm³/mol. The molecule has 116 valence electrons. The van der Waals surface area contributed by atoms with Gasteiger partial charge in [0.2, 0.25) is 0 Å². The standard InChI is InChI=1S/C16H34O3/c1-2-3-4-5-6-7-8-9-10-11-12-16(18)15-19-14-13-17/h16-18H,2-15H2,1H3. The Morgan fingerprint density at radius 3 is 1.89 bits per heavy atom. The first-order valence-corrected chi connectivity index (χ1v) is 8.18. The summed E-state index contributed by atoms with van der Waals surface area (Å²) in [6.07, 6.45) is 13.6. The highest BCUT2D eigenvalue weighted by Gasteiger charge is 2.03. The molecule has 1 atom stereocenters. The maximum Gasteiger partial charge on any atom is 0.0773 e. The zero-order chi connectivity index (χ0) is 14.2. The van der Waals surface area contributed by atoms with Crippen molar-refractivity contribution < 1.29 is 14.9 Å². The molecule has 0 fully saturated rings. The second-order valence-corrected chi connectivity index (χ2v) is 5.42. The van der Waals surface area contributed by atoms with Gasteiger partial charge in [0.15, 0.2) is 0 Å². The van der Waals surface area contributed by atoms with Gasteiger partial charge in [0.1, 0.15) is 0 Å². The largest absolute Gasteiger partial charge is 0.394 e. The maximum atomic E-state index is 9.59. The number of unbranched alkanes of at least 4 members (excludes halogenated alkanes) is 9. The number of aliphatic hydroxyl groups excluding tert-OH is 2. The van der Waals surface area contributed by atoms with E-state index >= 15 is 0 Å². The fourth-order valence-electron chi connectivity index (χ4n) is 2.23. The Balaban J connectivity index is 3.05. The average Bonchev–Trinajstić information content (AvgIpc) is 2.41. The molecule has 0 saturated heterocycles. The lowest BCUT2D eigenvalue weighted by Crippen LogP contribution is -2.16. The maximum absolute atomic E-state index is 9.59. The number of rotatable bonds is 15. The van der Waals surface area contributed by atoms with Crippen LogP contribution in [0.4, 0.5) is 0 Å². The van der Waals surface area contributed by atoms with Gasteiger partial charge in [-0.1, -0.05) is 71.1 Å². The van der Waals surface area contributed by atoms with E-state index in [2.05, 4.69) is 6.92 Å². The molecule has 0 heterocycles. The van der Waals surface area contributed by atoms with Gasteiger partial charge < -0.3 is 14.9 Å². The molecular weight excluding hydrogens is 240 g/mol. The Labute approximate surface area is 119 Å². The fourth-order valence-corrected chi connectivity index (χ4v) is 2.23. The first-order valence-electron chi connectivity index (χ1n) is 8.18. The Morgan fingerprint density at radius 1 is 0.842 bits per heavy atom. The predicted octanol–water partition coefficient (Wildman–Crippen LogP) is 3.67. The highest BCUT2D eigenvalue weighted by atomic mass is 16.5. The highest BCUT2D eigenvalue weighted by molar-refractivity contribution is 4.55. The smallest absolute Gasteiger partial charge is 0.0773 e. The molecule has 3 nitrogen and oxygen atoms in total. The van der Waals surface area contributed by atoms with E-state index in [1.54, 1.807) is 0 Å². The molecule has 0 aromatic heterocycles. The van der Waals surface area contributed by atoms with Crippen LogP contribution in [0.2, 0.25) is 0 Å². The molecule has 1 unspecified atom stereocenters. The molecule has 0 aromatic rings. The van der Waals surface area contributed by atoms with Gasteiger partial charge in [-0.05, 0) is 6.42 Å². The summed E-state index contributed by atoms with van der Waals surface area (Å²) in [4.78, 5) is 0. The quantitative estimate of drug-likeness (QED) is 0.448. The third-order valence-corrected chi connectivity index (χ3v) is 3.44. The van der Waals surface area contributed by atoms with Crippen molar-refractivity contribution in [3.63, 3.8) is 0 Å². The molecule has 0 amide bonds. The summed E-state index contributed by atoms with van der Waals surface area (Å²) < 4.78 is 5.09. The Hall–Kier alpha value is -0.120. The third-order valence-electron chi connectivity index (χ3n) is 3.44. The van der Waals surface area contributed by atoms with Crippen LogP contribution in [-0.4, -0.2) is 36.1 Å². The summed E-state index contributed by atoms with van der Waals surface area (Å²) in [5, 5.41) is 18.1. The first-order chi connectivity index (χ1) is 9.31. The van der Waals surface area contributed by atoms with E-state index in [1.807, 2.05) is 0 Å². The summed E-state index contributed by atoms with van der Waals surface area (Å²) in [7, 11) is 0. The molecule has 0 saturated carbocycles. The SMILES string of the molecule is CCCCCCCCCCCCC(O)COCCO. The third kappa shape index (κ3) is 15.8. The summed E-state index contributed by atoms with van der Waals surface area (Å²) in [5.74, 6) is 0. The average molecular weight is 274 g/mol. The molecule has 0 bridgehead atoms. The minimum Gasteiger partial charge on any atom is -0.394 e. The van der Waals surface area contributed by atoms with Crippen molar-refractivity contribution in [1.82, 2.24) is 0 Å². The van der Waals surface area contributed by atoms with Crippen molar-refractivity contribution in [1.29, 1.82) is 0 Å². The van der Waals surface area contributed by atoms with E-state index < -0.39 is 0 Å². The number of hydrogen-bond acceptors (Lipinski definition) is 3. The number of aliphatic hydroxyl groups is 2. The van der Waals surface area contributed by atoms with Gasteiger partial charge in [-0.15, -0.1) is 0 Å². The van der Waals surface area contributed by atoms with Crippen molar-refractivity contribution in [3.8, 4) is 0 Å². The first kappa shape index (κ1) is 18.9. The molecule has 0 aliphatic heterocycles. The van der Waals surface area contributed by atoms with Crippen LogP contribution in [0.5, 0.6) is 0 Å². The zero-order valence-electron chi connectivity index (χ0n) is 12.8. The summed E-state index contributed by atoms with van der Waals surface area (Å²) in [6, 6.07) is 0. The van der Waals surface area contributed by atoms with Crippen LogP contribution in [0.15, 0.2) is 0 Å². The minimum atomic E-state index is -0.361. The lowest BCUT2D eigenvalue weighted by molar-refractivity contribution is 0.0170. The summed E-state index contributed by atoms with van der Waals surface area (Å²) >= 11 is 0. The Bertz CT molecular complexity index is 162. The molecule has 0 rings (SSSR count). The molecule has 0 aliphatic carbocycles. The van der Waals surface area contributed by atoms with Crippen LogP contribution >= 0.6 is 0 Å². The van der Waals surface area contributed by atoms with E-state index in [0.29, 0.717) is 13.2 Å². The van der Waals surface area contributed by atoms with E-state index in [9.17, 15) is 5.11 Å². The van der Waals surface area contributed by atoms with E-state index in [1.165, 1.54) is 57.8 Å².